The van der Waals surface area contributed by atoms with Crippen molar-refractivity contribution in [3.05, 3.63) is 104 Å². The van der Waals surface area contributed by atoms with Crippen molar-refractivity contribution in [2.75, 3.05) is 0 Å². The molecule has 144 valence electrons. The second-order valence-corrected chi connectivity index (χ2v) is 8.66. The highest BCUT2D eigenvalue weighted by Gasteiger charge is 2.31. The minimum atomic E-state index is -3.97. The molecule has 0 aliphatic rings. The summed E-state index contributed by atoms with van der Waals surface area (Å²) in [4.78, 5) is 11.3. The minimum Gasteiger partial charge on any atom is -0.259 e. The maximum atomic E-state index is 12.9. The van der Waals surface area contributed by atoms with Crippen LogP contribution in [0.5, 0.6) is 0 Å². The lowest BCUT2D eigenvalue weighted by Gasteiger charge is -2.17. The molecule has 6 nitrogen and oxygen atoms in total. The molecule has 3 aromatic rings. The van der Waals surface area contributed by atoms with Crippen LogP contribution in [0, 0.1) is 17.0 Å². The Labute approximate surface area is 167 Å². The fourth-order valence-electron chi connectivity index (χ4n) is 2.65. The summed E-state index contributed by atoms with van der Waals surface area (Å²) in [6.45, 7) is 1.85. The van der Waals surface area contributed by atoms with Gasteiger partial charge >= 0.3 is 0 Å². The Balaban J connectivity index is 2.07. The van der Waals surface area contributed by atoms with Gasteiger partial charge in [-0.05, 0) is 47.0 Å². The molecule has 1 N–H and O–H groups in total. The molecule has 0 aliphatic heterocycles. The van der Waals surface area contributed by atoms with Gasteiger partial charge in [-0.2, -0.15) is 16.1 Å². The Morgan fingerprint density at radius 1 is 1.11 bits per heavy atom. The first-order chi connectivity index (χ1) is 13.4. The van der Waals surface area contributed by atoms with Crippen LogP contribution in [-0.2, 0) is 10.0 Å². The summed E-state index contributed by atoms with van der Waals surface area (Å²) in [5, 5.41) is 15.4. The van der Waals surface area contributed by atoms with E-state index in [9.17, 15) is 18.5 Å². The van der Waals surface area contributed by atoms with Crippen LogP contribution in [0.2, 0.25) is 0 Å². The van der Waals surface area contributed by atoms with Gasteiger partial charge in [0.2, 0.25) is 10.0 Å². The molecule has 8 heteroatoms. The lowest BCUT2D eigenvalue weighted by molar-refractivity contribution is -0.429. The lowest BCUT2D eigenvalue weighted by Crippen LogP contribution is -2.32. The van der Waals surface area contributed by atoms with E-state index in [0.717, 1.165) is 5.56 Å². The Kier molecular flexibility index (Phi) is 6.03. The lowest BCUT2D eigenvalue weighted by atomic mass is 10.0. The van der Waals surface area contributed by atoms with E-state index in [1.807, 2.05) is 6.92 Å². The van der Waals surface area contributed by atoms with Crippen LogP contribution in [0.3, 0.4) is 0 Å². The number of aryl methyl sites for hydroxylation is 1. The van der Waals surface area contributed by atoms with Crippen LogP contribution >= 0.6 is 11.3 Å². The third kappa shape index (κ3) is 4.72. The van der Waals surface area contributed by atoms with Gasteiger partial charge in [0.1, 0.15) is 6.04 Å². The average Bonchev–Trinajstić information content (AvgIpc) is 3.19. The Bertz CT molecular complexity index is 1080. The van der Waals surface area contributed by atoms with E-state index in [4.69, 9.17) is 0 Å². The first-order valence-corrected chi connectivity index (χ1v) is 10.8. The van der Waals surface area contributed by atoms with E-state index < -0.39 is 21.0 Å². The summed E-state index contributed by atoms with van der Waals surface area (Å²) < 4.78 is 28.3. The van der Waals surface area contributed by atoms with Crippen molar-refractivity contribution in [2.45, 2.75) is 17.9 Å². The highest BCUT2D eigenvalue weighted by atomic mass is 32.2. The number of thiophene rings is 1. The highest BCUT2D eigenvalue weighted by molar-refractivity contribution is 7.89. The van der Waals surface area contributed by atoms with Gasteiger partial charge in [-0.25, -0.2) is 8.42 Å². The van der Waals surface area contributed by atoms with Crippen LogP contribution in [-0.4, -0.2) is 13.3 Å². The maximum absolute atomic E-state index is 12.9. The minimum absolute atomic E-state index is 0.0530. The zero-order valence-corrected chi connectivity index (χ0v) is 16.6. The summed E-state index contributed by atoms with van der Waals surface area (Å²) in [5.74, 6) is 0. The van der Waals surface area contributed by atoms with Crippen LogP contribution in [0.25, 0.3) is 6.08 Å². The summed E-state index contributed by atoms with van der Waals surface area (Å²) in [5.41, 5.74) is 1.80. The summed E-state index contributed by atoms with van der Waals surface area (Å²) >= 11 is 1.41. The quantitative estimate of drug-likeness (QED) is 0.458. The summed E-state index contributed by atoms with van der Waals surface area (Å²) in [6, 6.07) is 15.4. The van der Waals surface area contributed by atoms with Crippen LogP contribution in [0.15, 0.2) is 82.0 Å². The first-order valence-electron chi connectivity index (χ1n) is 8.39. The van der Waals surface area contributed by atoms with Crippen LogP contribution in [0.1, 0.15) is 22.7 Å². The Morgan fingerprint density at radius 3 is 2.36 bits per heavy atom. The number of sulfonamides is 1. The van der Waals surface area contributed by atoms with Gasteiger partial charge in [0.15, 0.2) is 0 Å². The largest absolute Gasteiger partial charge is 0.269 e. The molecule has 0 spiro atoms. The molecule has 0 aliphatic carbocycles. The maximum Gasteiger partial charge on any atom is 0.269 e. The molecule has 1 atom stereocenters. The number of rotatable bonds is 7. The molecule has 0 saturated heterocycles. The van der Waals surface area contributed by atoms with Crippen molar-refractivity contribution in [3.8, 4) is 0 Å². The third-order valence-corrected chi connectivity index (χ3v) is 6.24. The zero-order chi connectivity index (χ0) is 20.1. The van der Waals surface area contributed by atoms with Crippen LogP contribution < -0.4 is 4.72 Å². The number of benzene rings is 2. The molecule has 0 bridgehead atoms. The monoisotopic (exact) mass is 414 g/mol. The fourth-order valence-corrected chi connectivity index (χ4v) is 4.47. The molecule has 1 heterocycles. The molecule has 1 unspecified atom stereocenters. The molecule has 2 aromatic carbocycles. The summed E-state index contributed by atoms with van der Waals surface area (Å²) in [6.07, 6.45) is 1.39. The zero-order valence-electron chi connectivity index (χ0n) is 15.0. The van der Waals surface area contributed by atoms with E-state index in [0.29, 0.717) is 11.1 Å². The van der Waals surface area contributed by atoms with Crippen molar-refractivity contribution in [1.29, 1.82) is 0 Å². The summed E-state index contributed by atoms with van der Waals surface area (Å²) in [7, 11) is -3.97. The number of nitro groups is 1. The Hall–Kier alpha value is -2.81. The van der Waals surface area contributed by atoms with Gasteiger partial charge in [0.05, 0.1) is 9.82 Å². The third-order valence-electron chi connectivity index (χ3n) is 4.10. The van der Waals surface area contributed by atoms with Gasteiger partial charge in [-0.15, -0.1) is 0 Å². The number of hydrogen-bond donors (Lipinski definition) is 1. The molecule has 0 radical (unpaired) electrons. The molecular weight excluding hydrogens is 396 g/mol. The van der Waals surface area contributed by atoms with Crippen molar-refractivity contribution >= 4 is 27.4 Å². The predicted molar refractivity (Wildman–Crippen MR) is 110 cm³/mol. The van der Waals surface area contributed by atoms with E-state index in [1.165, 1.54) is 29.5 Å². The number of hydrogen-bond acceptors (Lipinski definition) is 5. The standard InChI is InChI=1S/C20H18N2O4S2/c1-15-7-9-18(10-8-15)28(25,26)21-20(17-5-3-2-4-6-17)19(22(23)24)13-16-11-12-27-14-16/h2-14,20-21H,1H3/b19-13-. The Morgan fingerprint density at radius 2 is 1.79 bits per heavy atom. The van der Waals surface area contributed by atoms with E-state index in [2.05, 4.69) is 4.72 Å². The topological polar surface area (TPSA) is 89.3 Å². The molecule has 1 aromatic heterocycles. The molecule has 0 amide bonds. The predicted octanol–water partition coefficient (Wildman–Crippen LogP) is 4.39. The molecule has 0 saturated carbocycles. The fraction of sp³-hybridized carbons (Fsp3) is 0.100. The smallest absolute Gasteiger partial charge is 0.259 e. The first kappa shape index (κ1) is 19.9. The molecule has 0 fully saturated rings. The number of nitrogens with one attached hydrogen (secondary N) is 1. The van der Waals surface area contributed by atoms with Crippen molar-refractivity contribution in [2.24, 2.45) is 0 Å². The van der Waals surface area contributed by atoms with Crippen LogP contribution in [0.4, 0.5) is 0 Å². The average molecular weight is 415 g/mol. The normalized spacial score (nSPS) is 13.2. The molecule has 3 rings (SSSR count). The van der Waals surface area contributed by atoms with Gasteiger partial charge in [-0.3, -0.25) is 10.1 Å². The number of nitrogens with zero attached hydrogens (tertiary/aromatic N) is 1. The van der Waals surface area contributed by atoms with Gasteiger partial charge in [0, 0.05) is 6.08 Å². The van der Waals surface area contributed by atoms with E-state index >= 15 is 0 Å². The van der Waals surface area contributed by atoms with Crippen molar-refractivity contribution < 1.29 is 13.3 Å². The SMILES string of the molecule is Cc1ccc(S(=O)(=O)NC(/C(=C/c2ccsc2)[N+](=O)[O-])c2ccccc2)cc1. The highest BCUT2D eigenvalue weighted by Crippen LogP contribution is 2.27. The van der Waals surface area contributed by atoms with Gasteiger partial charge < -0.3 is 0 Å². The van der Waals surface area contributed by atoms with E-state index in [1.54, 1.807) is 59.3 Å². The van der Waals surface area contributed by atoms with Crippen molar-refractivity contribution in [3.63, 3.8) is 0 Å². The second kappa shape index (κ2) is 8.47. The second-order valence-electron chi connectivity index (χ2n) is 6.16. The van der Waals surface area contributed by atoms with Crippen molar-refractivity contribution in [1.82, 2.24) is 4.72 Å². The van der Waals surface area contributed by atoms with Gasteiger partial charge in [0.25, 0.3) is 5.70 Å². The van der Waals surface area contributed by atoms with Gasteiger partial charge in [-0.1, -0.05) is 48.0 Å². The molecular formula is C20H18N2O4S2. The van der Waals surface area contributed by atoms with E-state index in [-0.39, 0.29) is 10.6 Å². The molecule has 28 heavy (non-hydrogen) atoms.